The highest BCUT2D eigenvalue weighted by molar-refractivity contribution is 7.90. The summed E-state index contributed by atoms with van der Waals surface area (Å²) >= 11 is 0. The first kappa shape index (κ1) is 12.4. The number of carbonyl (C=O) groups is 1. The van der Waals surface area contributed by atoms with Crippen LogP contribution in [0.15, 0.2) is 0 Å². The Balaban J connectivity index is 2.40. The molecule has 1 N–H and O–H groups in total. The second kappa shape index (κ2) is 4.94. The summed E-state index contributed by atoms with van der Waals surface area (Å²) < 4.78 is 21.8. The van der Waals surface area contributed by atoms with Crippen LogP contribution in [0.5, 0.6) is 0 Å². The molecule has 5 nitrogen and oxygen atoms in total. The number of nitrogens with zero attached hydrogens (tertiary/aromatic N) is 1. The van der Waals surface area contributed by atoms with Crippen LogP contribution in [0.4, 0.5) is 0 Å². The summed E-state index contributed by atoms with van der Waals surface area (Å²) in [6.07, 6.45) is 1.26. The van der Waals surface area contributed by atoms with E-state index >= 15 is 0 Å². The molecule has 0 spiro atoms. The Hall–Kier alpha value is -0.620. The van der Waals surface area contributed by atoms with Crippen molar-refractivity contribution in [3.8, 4) is 0 Å². The largest absolute Gasteiger partial charge is 0.340 e. The maximum absolute atomic E-state index is 11.6. The van der Waals surface area contributed by atoms with E-state index in [1.165, 1.54) is 0 Å². The molecule has 1 heterocycles. The van der Waals surface area contributed by atoms with Gasteiger partial charge in [-0.2, -0.15) is 0 Å². The fourth-order valence-electron chi connectivity index (χ4n) is 1.59. The van der Waals surface area contributed by atoms with Crippen molar-refractivity contribution in [1.82, 2.24) is 10.2 Å². The summed E-state index contributed by atoms with van der Waals surface area (Å²) in [5, 5.41) is 3.23. The third-order valence-corrected chi connectivity index (χ3v) is 3.35. The van der Waals surface area contributed by atoms with Crippen LogP contribution in [0, 0.1) is 0 Å². The molecule has 1 amide bonds. The Morgan fingerprint density at radius 2 is 2.20 bits per heavy atom. The number of piperazine rings is 1. The van der Waals surface area contributed by atoms with Gasteiger partial charge >= 0.3 is 0 Å². The lowest BCUT2D eigenvalue weighted by Crippen LogP contribution is -2.51. The van der Waals surface area contributed by atoms with Crippen molar-refractivity contribution in [2.75, 3.05) is 31.6 Å². The van der Waals surface area contributed by atoms with Crippen molar-refractivity contribution < 1.29 is 13.2 Å². The summed E-state index contributed by atoms with van der Waals surface area (Å²) in [7, 11) is -3.03. The third kappa shape index (κ3) is 4.61. The quantitative estimate of drug-likeness (QED) is 0.697. The van der Waals surface area contributed by atoms with Crippen LogP contribution in [0.2, 0.25) is 0 Å². The molecule has 1 fully saturated rings. The highest BCUT2D eigenvalue weighted by Gasteiger charge is 2.20. The monoisotopic (exact) mass is 234 g/mol. The Morgan fingerprint density at radius 3 is 2.73 bits per heavy atom. The summed E-state index contributed by atoms with van der Waals surface area (Å²) in [5.41, 5.74) is 0. The normalized spacial score (nSPS) is 22.8. The van der Waals surface area contributed by atoms with E-state index in [4.69, 9.17) is 0 Å². The molecule has 1 unspecified atom stereocenters. The number of rotatable bonds is 3. The van der Waals surface area contributed by atoms with E-state index in [2.05, 4.69) is 5.32 Å². The van der Waals surface area contributed by atoms with Gasteiger partial charge in [-0.25, -0.2) is 8.42 Å². The number of nitrogens with one attached hydrogen (secondary N) is 1. The molecule has 1 rings (SSSR count). The molecule has 1 aliphatic heterocycles. The van der Waals surface area contributed by atoms with Crippen molar-refractivity contribution >= 4 is 15.7 Å². The van der Waals surface area contributed by atoms with E-state index in [1.807, 2.05) is 6.92 Å². The minimum Gasteiger partial charge on any atom is -0.340 e. The Kier molecular flexibility index (Phi) is 4.10. The van der Waals surface area contributed by atoms with E-state index in [-0.39, 0.29) is 18.1 Å². The first-order chi connectivity index (χ1) is 6.88. The number of sulfone groups is 1. The van der Waals surface area contributed by atoms with Crippen LogP contribution < -0.4 is 5.32 Å². The molecule has 0 aromatic rings. The molecule has 6 heteroatoms. The minimum atomic E-state index is -3.03. The van der Waals surface area contributed by atoms with Gasteiger partial charge in [0.2, 0.25) is 5.91 Å². The van der Waals surface area contributed by atoms with Crippen molar-refractivity contribution in [1.29, 1.82) is 0 Å². The zero-order valence-corrected chi connectivity index (χ0v) is 10.0. The van der Waals surface area contributed by atoms with Gasteiger partial charge in [0.15, 0.2) is 0 Å². The summed E-state index contributed by atoms with van der Waals surface area (Å²) in [5.74, 6) is -0.113. The van der Waals surface area contributed by atoms with Crippen LogP contribution in [-0.4, -0.2) is 56.9 Å². The van der Waals surface area contributed by atoms with E-state index in [9.17, 15) is 13.2 Å². The molecule has 1 saturated heterocycles. The van der Waals surface area contributed by atoms with E-state index < -0.39 is 9.84 Å². The molecule has 0 aromatic heterocycles. The molecular weight excluding hydrogens is 216 g/mol. The van der Waals surface area contributed by atoms with E-state index in [0.29, 0.717) is 19.1 Å². The molecule has 0 saturated carbocycles. The standard InChI is InChI=1S/C9H18N2O3S/c1-8-7-11(5-4-10-8)9(12)3-6-15(2,13)14/h8,10H,3-7H2,1-2H3. The average Bonchev–Trinajstić information content (AvgIpc) is 2.13. The van der Waals surface area contributed by atoms with E-state index in [0.717, 1.165) is 12.8 Å². The molecule has 1 atom stereocenters. The lowest BCUT2D eigenvalue weighted by molar-refractivity contribution is -0.131. The summed E-state index contributed by atoms with van der Waals surface area (Å²) in [6.45, 7) is 4.14. The van der Waals surface area contributed by atoms with Gasteiger partial charge in [-0.05, 0) is 6.92 Å². The van der Waals surface area contributed by atoms with E-state index in [1.54, 1.807) is 4.90 Å². The van der Waals surface area contributed by atoms with Gasteiger partial charge in [0.25, 0.3) is 0 Å². The molecular formula is C9H18N2O3S. The maximum Gasteiger partial charge on any atom is 0.223 e. The first-order valence-electron chi connectivity index (χ1n) is 5.07. The number of hydrogen-bond acceptors (Lipinski definition) is 4. The van der Waals surface area contributed by atoms with Crippen LogP contribution in [0.25, 0.3) is 0 Å². The molecule has 88 valence electrons. The molecule has 0 bridgehead atoms. The summed E-state index contributed by atoms with van der Waals surface area (Å²) in [6, 6.07) is 0.293. The highest BCUT2D eigenvalue weighted by Crippen LogP contribution is 2.02. The van der Waals surface area contributed by atoms with Gasteiger partial charge in [0.05, 0.1) is 5.75 Å². The molecule has 0 radical (unpaired) electrons. The van der Waals surface area contributed by atoms with Crippen LogP contribution >= 0.6 is 0 Å². The van der Waals surface area contributed by atoms with Gasteiger partial charge in [-0.3, -0.25) is 4.79 Å². The maximum atomic E-state index is 11.6. The Morgan fingerprint density at radius 1 is 1.53 bits per heavy atom. The Bertz CT molecular complexity index is 326. The van der Waals surface area contributed by atoms with Crippen molar-refractivity contribution in [3.63, 3.8) is 0 Å². The lowest BCUT2D eigenvalue weighted by atomic mass is 10.2. The third-order valence-electron chi connectivity index (χ3n) is 2.41. The van der Waals surface area contributed by atoms with Crippen molar-refractivity contribution in [3.05, 3.63) is 0 Å². The number of carbonyl (C=O) groups excluding carboxylic acids is 1. The first-order valence-corrected chi connectivity index (χ1v) is 7.13. The van der Waals surface area contributed by atoms with Gasteiger partial charge in [0.1, 0.15) is 9.84 Å². The topological polar surface area (TPSA) is 66.5 Å². The van der Waals surface area contributed by atoms with Crippen molar-refractivity contribution in [2.45, 2.75) is 19.4 Å². The van der Waals surface area contributed by atoms with Crippen LogP contribution in [0.3, 0.4) is 0 Å². The van der Waals surface area contributed by atoms with Crippen LogP contribution in [-0.2, 0) is 14.6 Å². The predicted molar refractivity (Wildman–Crippen MR) is 58.4 cm³/mol. The zero-order valence-electron chi connectivity index (χ0n) is 9.19. The zero-order chi connectivity index (χ0) is 11.5. The second-order valence-electron chi connectivity index (χ2n) is 4.07. The predicted octanol–water partition coefficient (Wildman–Crippen LogP) is -0.759. The number of amides is 1. The van der Waals surface area contributed by atoms with Crippen LogP contribution in [0.1, 0.15) is 13.3 Å². The Labute approximate surface area is 90.7 Å². The van der Waals surface area contributed by atoms with Crippen molar-refractivity contribution in [2.24, 2.45) is 0 Å². The SMILES string of the molecule is CC1CN(C(=O)CCS(C)(=O)=O)CCN1. The smallest absolute Gasteiger partial charge is 0.223 e. The van der Waals surface area contributed by atoms with Gasteiger partial charge < -0.3 is 10.2 Å². The van der Waals surface area contributed by atoms with Gasteiger partial charge in [-0.1, -0.05) is 0 Å². The molecule has 0 aliphatic carbocycles. The minimum absolute atomic E-state index is 0.0514. The van der Waals surface area contributed by atoms with Gasteiger partial charge in [0, 0.05) is 38.4 Å². The highest BCUT2D eigenvalue weighted by atomic mass is 32.2. The lowest BCUT2D eigenvalue weighted by Gasteiger charge is -2.31. The second-order valence-corrected chi connectivity index (χ2v) is 6.33. The number of hydrogen-bond donors (Lipinski definition) is 1. The molecule has 1 aliphatic rings. The molecule has 0 aromatic carbocycles. The fourth-order valence-corrected chi connectivity index (χ4v) is 2.14. The molecule has 15 heavy (non-hydrogen) atoms. The van der Waals surface area contributed by atoms with Gasteiger partial charge in [-0.15, -0.1) is 0 Å². The fraction of sp³-hybridized carbons (Fsp3) is 0.889. The summed E-state index contributed by atoms with van der Waals surface area (Å²) in [4.78, 5) is 13.4. The average molecular weight is 234 g/mol.